The molecule has 168 valence electrons. The first-order chi connectivity index (χ1) is 16.1. The molecule has 4 aromatic rings. The second-order valence-electron chi connectivity index (χ2n) is 8.32. The zero-order chi connectivity index (χ0) is 22.6. The average molecular weight is 464 g/mol. The van der Waals surface area contributed by atoms with Crippen molar-refractivity contribution in [2.45, 2.75) is 34.3 Å². The molecule has 4 N–H and O–H groups in total. The number of fused-ring (bicyclic) bond motifs is 2. The van der Waals surface area contributed by atoms with E-state index in [0.29, 0.717) is 10.5 Å². The van der Waals surface area contributed by atoms with Crippen LogP contribution in [0.4, 0.5) is 16.2 Å². The Kier molecular flexibility index (Phi) is 4.66. The maximum Gasteiger partial charge on any atom is 0.211 e. The number of benzene rings is 1. The van der Waals surface area contributed by atoms with E-state index >= 15 is 0 Å². The maximum absolute atomic E-state index is 14.4. The average Bonchev–Trinajstić information content (AvgIpc) is 3.42. The lowest BCUT2D eigenvalue weighted by atomic mass is 9.83. The van der Waals surface area contributed by atoms with Gasteiger partial charge in [-0.3, -0.25) is 4.40 Å². The van der Waals surface area contributed by atoms with Crippen molar-refractivity contribution in [2.75, 3.05) is 23.7 Å². The van der Waals surface area contributed by atoms with Crippen LogP contribution in [0.25, 0.3) is 5.65 Å². The highest BCUT2D eigenvalue weighted by Gasteiger charge is 2.48. The van der Waals surface area contributed by atoms with Gasteiger partial charge in [-0.25, -0.2) is 19.3 Å². The third-order valence-corrected chi connectivity index (χ3v) is 7.54. The molecule has 0 saturated carbocycles. The molecule has 0 radical (unpaired) electrons. The fourth-order valence-electron chi connectivity index (χ4n) is 4.72. The van der Waals surface area contributed by atoms with Crippen molar-refractivity contribution in [3.05, 3.63) is 66.5 Å². The predicted molar refractivity (Wildman–Crippen MR) is 124 cm³/mol. The van der Waals surface area contributed by atoms with Crippen LogP contribution in [0.15, 0.2) is 64.9 Å². The summed E-state index contributed by atoms with van der Waals surface area (Å²) in [6, 6.07) is 9.47. The number of nitrogens with two attached hydrogens (primary N) is 2. The monoisotopic (exact) mass is 463 g/mol. The first kappa shape index (κ1) is 20.3. The molecule has 2 aliphatic heterocycles. The van der Waals surface area contributed by atoms with E-state index < -0.39 is 5.82 Å². The first-order valence-corrected chi connectivity index (χ1v) is 11.6. The standard InChI is InChI=1S/C23H22FN7OS/c24-18-16(5-8-27-20(18)26)33-17-13-29-22(31-12-9-28-21(17)31)30-10-6-23(7-11-30)19(25)14-3-1-2-4-15(14)32-23/h1-5,8-9,12-13,19H,6-7,10-11,25H2,(H2,26,27)/t19-/m1/s1. The highest BCUT2D eigenvalue weighted by atomic mass is 32.2. The van der Waals surface area contributed by atoms with Gasteiger partial charge in [0.25, 0.3) is 0 Å². The van der Waals surface area contributed by atoms with Crippen LogP contribution in [0.3, 0.4) is 0 Å². The van der Waals surface area contributed by atoms with Gasteiger partial charge >= 0.3 is 0 Å². The molecular formula is C23H22FN7OS. The molecule has 8 nitrogen and oxygen atoms in total. The van der Waals surface area contributed by atoms with Crippen molar-refractivity contribution in [1.29, 1.82) is 0 Å². The minimum Gasteiger partial charge on any atom is -0.485 e. The molecule has 1 atom stereocenters. The molecule has 1 saturated heterocycles. The summed E-state index contributed by atoms with van der Waals surface area (Å²) in [7, 11) is 0. The third-order valence-electron chi connectivity index (χ3n) is 6.50. The molecule has 33 heavy (non-hydrogen) atoms. The molecule has 0 aliphatic carbocycles. The van der Waals surface area contributed by atoms with Crippen LogP contribution < -0.4 is 21.1 Å². The summed E-state index contributed by atoms with van der Waals surface area (Å²) in [5.74, 6) is 1.02. The number of halogens is 1. The summed E-state index contributed by atoms with van der Waals surface area (Å²) in [5, 5.41) is 0. The summed E-state index contributed by atoms with van der Waals surface area (Å²) < 4.78 is 22.7. The number of nitrogen functional groups attached to an aromatic ring is 1. The Morgan fingerprint density at radius 2 is 1.88 bits per heavy atom. The zero-order valence-corrected chi connectivity index (χ0v) is 18.5. The van der Waals surface area contributed by atoms with Crippen molar-refractivity contribution < 1.29 is 9.13 Å². The summed E-state index contributed by atoms with van der Waals surface area (Å²) >= 11 is 1.23. The number of aromatic nitrogens is 4. The van der Waals surface area contributed by atoms with Gasteiger partial charge in [0, 0.05) is 56.3 Å². The first-order valence-electron chi connectivity index (χ1n) is 10.7. The molecule has 5 heterocycles. The molecule has 6 rings (SSSR count). The number of hydrogen-bond donors (Lipinski definition) is 2. The Bertz CT molecular complexity index is 1350. The second kappa shape index (κ2) is 7.60. The molecule has 0 bridgehead atoms. The minimum atomic E-state index is -0.536. The molecule has 3 aromatic heterocycles. The summed E-state index contributed by atoms with van der Waals surface area (Å²) in [6.07, 6.45) is 8.40. The summed E-state index contributed by atoms with van der Waals surface area (Å²) in [5.41, 5.74) is 13.6. The molecule has 1 aromatic carbocycles. The lowest BCUT2D eigenvalue weighted by Gasteiger charge is -2.41. The van der Waals surface area contributed by atoms with Crippen LogP contribution in [0.5, 0.6) is 5.75 Å². The van der Waals surface area contributed by atoms with E-state index in [1.165, 1.54) is 18.0 Å². The fourth-order valence-corrected chi connectivity index (χ4v) is 5.63. The SMILES string of the molecule is Nc1nccc(Sc2cnc(N3CCC4(CC3)Oc3ccccc3[C@H]4N)n3ccnc23)c1F. The number of piperidine rings is 1. The number of ether oxygens (including phenoxy) is 1. The van der Waals surface area contributed by atoms with Crippen LogP contribution >= 0.6 is 11.8 Å². The van der Waals surface area contributed by atoms with E-state index in [1.807, 2.05) is 34.9 Å². The lowest BCUT2D eigenvalue weighted by Crippen LogP contribution is -2.52. The summed E-state index contributed by atoms with van der Waals surface area (Å²) in [6.45, 7) is 1.51. The van der Waals surface area contributed by atoms with Gasteiger partial charge in [0.2, 0.25) is 5.95 Å². The number of rotatable bonds is 3. The Hall–Kier alpha value is -3.37. The smallest absolute Gasteiger partial charge is 0.211 e. The molecule has 1 spiro atoms. The van der Waals surface area contributed by atoms with Crippen LogP contribution in [0, 0.1) is 5.82 Å². The minimum absolute atomic E-state index is 0.124. The van der Waals surface area contributed by atoms with Crippen molar-refractivity contribution in [3.8, 4) is 5.75 Å². The Morgan fingerprint density at radius 1 is 1.06 bits per heavy atom. The largest absolute Gasteiger partial charge is 0.485 e. The third kappa shape index (κ3) is 3.20. The van der Waals surface area contributed by atoms with E-state index in [0.717, 1.165) is 48.1 Å². The zero-order valence-electron chi connectivity index (χ0n) is 17.7. The lowest BCUT2D eigenvalue weighted by molar-refractivity contribution is 0.0429. The van der Waals surface area contributed by atoms with Crippen LogP contribution in [0.1, 0.15) is 24.4 Å². The van der Waals surface area contributed by atoms with Crippen LogP contribution in [-0.4, -0.2) is 38.0 Å². The van der Waals surface area contributed by atoms with Gasteiger partial charge in [-0.15, -0.1) is 0 Å². The number of pyridine rings is 1. The highest BCUT2D eigenvalue weighted by molar-refractivity contribution is 7.99. The van der Waals surface area contributed by atoms with E-state index in [4.69, 9.17) is 21.2 Å². The number of imidazole rings is 1. The number of nitrogens with zero attached hydrogens (tertiary/aromatic N) is 5. The molecule has 1 fully saturated rings. The van der Waals surface area contributed by atoms with E-state index in [1.54, 1.807) is 18.5 Å². The normalized spacial score (nSPS) is 19.1. The molecular weight excluding hydrogens is 441 g/mol. The van der Waals surface area contributed by atoms with Crippen molar-refractivity contribution >= 4 is 29.2 Å². The highest BCUT2D eigenvalue weighted by Crippen LogP contribution is 2.47. The summed E-state index contributed by atoms with van der Waals surface area (Å²) in [4.78, 5) is 16.3. The van der Waals surface area contributed by atoms with Gasteiger partial charge in [-0.1, -0.05) is 30.0 Å². The van der Waals surface area contributed by atoms with Gasteiger partial charge in [0.05, 0.1) is 15.8 Å². The number of hydrogen-bond acceptors (Lipinski definition) is 8. The fraction of sp³-hybridized carbons (Fsp3) is 0.261. The van der Waals surface area contributed by atoms with Crippen LogP contribution in [-0.2, 0) is 0 Å². The Morgan fingerprint density at radius 3 is 2.70 bits per heavy atom. The topological polar surface area (TPSA) is 108 Å². The van der Waals surface area contributed by atoms with Gasteiger partial charge in [0.1, 0.15) is 11.4 Å². The second-order valence-corrected chi connectivity index (χ2v) is 9.41. The van der Waals surface area contributed by atoms with Crippen LogP contribution in [0.2, 0.25) is 0 Å². The van der Waals surface area contributed by atoms with E-state index in [2.05, 4.69) is 14.9 Å². The number of anilines is 2. The van der Waals surface area contributed by atoms with Gasteiger partial charge in [-0.05, 0) is 12.1 Å². The van der Waals surface area contributed by atoms with Crippen molar-refractivity contribution in [3.63, 3.8) is 0 Å². The Labute approximate surface area is 193 Å². The quantitative estimate of drug-likeness (QED) is 0.476. The maximum atomic E-state index is 14.4. The van der Waals surface area contributed by atoms with Crippen molar-refractivity contribution in [1.82, 2.24) is 19.4 Å². The molecule has 0 amide bonds. The molecule has 10 heteroatoms. The van der Waals surface area contributed by atoms with Gasteiger partial charge in [0.15, 0.2) is 17.3 Å². The van der Waals surface area contributed by atoms with Gasteiger partial charge < -0.3 is 21.1 Å². The van der Waals surface area contributed by atoms with Gasteiger partial charge in [-0.2, -0.15) is 0 Å². The van der Waals surface area contributed by atoms with E-state index in [9.17, 15) is 4.39 Å². The van der Waals surface area contributed by atoms with Crippen molar-refractivity contribution in [2.24, 2.45) is 5.73 Å². The van der Waals surface area contributed by atoms with E-state index in [-0.39, 0.29) is 17.5 Å². The molecule has 0 unspecified atom stereocenters. The predicted octanol–water partition coefficient (Wildman–Crippen LogP) is 3.43. The Balaban J connectivity index is 1.25. The number of para-hydroxylation sites is 1. The molecule has 2 aliphatic rings.